The molecular weight excluding hydrogens is 284 g/mol. The third-order valence-corrected chi connectivity index (χ3v) is 3.84. The number of thioether (sulfide) groups is 1. The number of hydrogen-bond acceptors (Lipinski definition) is 4. The maximum Gasteiger partial charge on any atom is 0.221 e. The molecule has 0 radical (unpaired) electrons. The standard InChI is InChI=1S/C16H16N2O2S/c1-11(21-15-5-3-4-10-17-15)16(20)13-6-8-14(9-7-13)18-12(2)19/h3-11H,1-2H3,(H,18,19)/t11-/m0/s1. The number of hydrogen-bond donors (Lipinski definition) is 1. The summed E-state index contributed by atoms with van der Waals surface area (Å²) in [6.07, 6.45) is 1.71. The van der Waals surface area contributed by atoms with Gasteiger partial charge in [-0.25, -0.2) is 4.98 Å². The van der Waals surface area contributed by atoms with Crippen LogP contribution in [0.1, 0.15) is 24.2 Å². The van der Waals surface area contributed by atoms with Crippen molar-refractivity contribution in [3.05, 3.63) is 54.2 Å². The van der Waals surface area contributed by atoms with Gasteiger partial charge in [0.25, 0.3) is 0 Å². The number of nitrogens with one attached hydrogen (secondary N) is 1. The molecule has 0 unspecified atom stereocenters. The summed E-state index contributed by atoms with van der Waals surface area (Å²) in [4.78, 5) is 27.5. The number of aromatic nitrogens is 1. The van der Waals surface area contributed by atoms with Gasteiger partial charge in [0.1, 0.15) is 0 Å². The topological polar surface area (TPSA) is 59.1 Å². The van der Waals surface area contributed by atoms with Crippen LogP contribution in [0, 0.1) is 0 Å². The van der Waals surface area contributed by atoms with Crippen LogP contribution < -0.4 is 5.32 Å². The zero-order valence-electron chi connectivity index (χ0n) is 11.9. The number of nitrogens with zero attached hydrogens (tertiary/aromatic N) is 1. The first kappa shape index (κ1) is 15.3. The lowest BCUT2D eigenvalue weighted by Gasteiger charge is -2.10. The molecule has 0 saturated heterocycles. The highest BCUT2D eigenvalue weighted by Crippen LogP contribution is 2.24. The van der Waals surface area contributed by atoms with E-state index in [0.29, 0.717) is 11.3 Å². The molecule has 4 nitrogen and oxygen atoms in total. The van der Waals surface area contributed by atoms with Crippen LogP contribution >= 0.6 is 11.8 Å². The summed E-state index contributed by atoms with van der Waals surface area (Å²) in [6, 6.07) is 12.5. The average Bonchev–Trinajstić information content (AvgIpc) is 2.47. The van der Waals surface area contributed by atoms with Gasteiger partial charge >= 0.3 is 0 Å². The molecule has 1 N–H and O–H groups in total. The first-order valence-electron chi connectivity index (χ1n) is 6.56. The molecule has 2 aromatic rings. The Morgan fingerprint density at radius 2 is 1.86 bits per heavy atom. The van der Waals surface area contributed by atoms with E-state index in [1.165, 1.54) is 18.7 Å². The summed E-state index contributed by atoms with van der Waals surface area (Å²) in [6.45, 7) is 3.31. The van der Waals surface area contributed by atoms with Gasteiger partial charge in [0.2, 0.25) is 5.91 Å². The normalized spacial score (nSPS) is 11.7. The zero-order valence-corrected chi connectivity index (χ0v) is 12.7. The molecule has 0 aliphatic heterocycles. The fraction of sp³-hybridized carbons (Fsp3) is 0.188. The van der Waals surface area contributed by atoms with Crippen LogP contribution in [-0.4, -0.2) is 21.9 Å². The van der Waals surface area contributed by atoms with Crippen molar-refractivity contribution >= 4 is 29.1 Å². The Labute approximate surface area is 128 Å². The van der Waals surface area contributed by atoms with Gasteiger partial charge in [-0.1, -0.05) is 17.8 Å². The predicted octanol–water partition coefficient (Wildman–Crippen LogP) is 3.40. The van der Waals surface area contributed by atoms with Gasteiger partial charge in [0.05, 0.1) is 10.3 Å². The number of rotatable bonds is 5. The van der Waals surface area contributed by atoms with Crippen LogP contribution in [0.15, 0.2) is 53.7 Å². The fourth-order valence-corrected chi connectivity index (χ4v) is 2.69. The number of ketones is 1. The number of carbonyl (C=O) groups excluding carboxylic acids is 2. The predicted molar refractivity (Wildman–Crippen MR) is 84.6 cm³/mol. The lowest BCUT2D eigenvalue weighted by atomic mass is 10.1. The molecule has 0 aliphatic carbocycles. The van der Waals surface area contributed by atoms with Crippen LogP contribution in [0.4, 0.5) is 5.69 Å². The molecule has 2 rings (SSSR count). The van der Waals surface area contributed by atoms with E-state index in [1.54, 1.807) is 30.5 Å². The molecule has 1 aromatic heterocycles. The highest BCUT2D eigenvalue weighted by molar-refractivity contribution is 8.00. The van der Waals surface area contributed by atoms with E-state index in [9.17, 15) is 9.59 Å². The molecule has 0 saturated carbocycles. The van der Waals surface area contributed by atoms with Crippen LogP contribution in [-0.2, 0) is 4.79 Å². The van der Waals surface area contributed by atoms with Crippen LogP contribution in [0.3, 0.4) is 0 Å². The lowest BCUT2D eigenvalue weighted by molar-refractivity contribution is -0.114. The van der Waals surface area contributed by atoms with Crippen molar-refractivity contribution in [1.29, 1.82) is 0 Å². The van der Waals surface area contributed by atoms with E-state index < -0.39 is 0 Å². The highest BCUT2D eigenvalue weighted by Gasteiger charge is 2.16. The number of carbonyl (C=O) groups is 2. The molecule has 21 heavy (non-hydrogen) atoms. The van der Waals surface area contributed by atoms with Crippen LogP contribution in [0.5, 0.6) is 0 Å². The van der Waals surface area contributed by atoms with E-state index >= 15 is 0 Å². The minimum atomic E-state index is -0.216. The molecule has 1 atom stereocenters. The number of Topliss-reactive ketones (excluding diaryl/α,β-unsaturated/α-hetero) is 1. The van der Waals surface area contributed by atoms with Gasteiger partial charge in [0.15, 0.2) is 5.78 Å². The third kappa shape index (κ3) is 4.43. The van der Waals surface area contributed by atoms with E-state index in [-0.39, 0.29) is 16.9 Å². The van der Waals surface area contributed by atoms with E-state index in [0.717, 1.165) is 5.03 Å². The largest absolute Gasteiger partial charge is 0.326 e. The van der Waals surface area contributed by atoms with Crippen molar-refractivity contribution < 1.29 is 9.59 Å². The quantitative estimate of drug-likeness (QED) is 0.679. The van der Waals surface area contributed by atoms with E-state index in [2.05, 4.69) is 10.3 Å². The van der Waals surface area contributed by atoms with Crippen molar-refractivity contribution in [1.82, 2.24) is 4.98 Å². The fourth-order valence-electron chi connectivity index (χ4n) is 1.81. The van der Waals surface area contributed by atoms with E-state index in [1.807, 2.05) is 25.1 Å². The Kier molecular flexibility index (Phi) is 5.11. The number of amides is 1. The minimum Gasteiger partial charge on any atom is -0.326 e. The van der Waals surface area contributed by atoms with Crippen molar-refractivity contribution in [3.8, 4) is 0 Å². The van der Waals surface area contributed by atoms with Crippen molar-refractivity contribution in [2.45, 2.75) is 24.1 Å². The number of anilines is 1. The smallest absolute Gasteiger partial charge is 0.221 e. The Balaban J connectivity index is 2.03. The molecule has 0 spiro atoms. The zero-order chi connectivity index (χ0) is 15.2. The second-order valence-electron chi connectivity index (χ2n) is 4.55. The van der Waals surface area contributed by atoms with Gasteiger partial charge in [-0.05, 0) is 43.3 Å². The van der Waals surface area contributed by atoms with Crippen LogP contribution in [0.2, 0.25) is 0 Å². The van der Waals surface area contributed by atoms with Gasteiger partial charge < -0.3 is 5.32 Å². The first-order valence-corrected chi connectivity index (χ1v) is 7.44. The lowest BCUT2D eigenvalue weighted by Crippen LogP contribution is -2.14. The van der Waals surface area contributed by atoms with Crippen LogP contribution in [0.25, 0.3) is 0 Å². The summed E-state index contributed by atoms with van der Waals surface area (Å²) in [5.41, 5.74) is 1.31. The number of pyridine rings is 1. The Bertz CT molecular complexity index is 626. The Hall–Kier alpha value is -2.14. The summed E-state index contributed by atoms with van der Waals surface area (Å²) in [7, 11) is 0. The van der Waals surface area contributed by atoms with Crippen molar-refractivity contribution in [2.24, 2.45) is 0 Å². The van der Waals surface area contributed by atoms with Gasteiger partial charge in [-0.2, -0.15) is 0 Å². The summed E-state index contributed by atoms with van der Waals surface area (Å²) in [5.74, 6) is -0.0896. The summed E-state index contributed by atoms with van der Waals surface area (Å²) < 4.78 is 0. The molecule has 0 fully saturated rings. The Morgan fingerprint density at radius 1 is 1.14 bits per heavy atom. The maximum absolute atomic E-state index is 12.3. The SMILES string of the molecule is CC(=O)Nc1ccc(C(=O)[C@H](C)Sc2ccccn2)cc1. The van der Waals surface area contributed by atoms with Crippen molar-refractivity contribution in [2.75, 3.05) is 5.32 Å². The third-order valence-electron chi connectivity index (χ3n) is 2.79. The highest BCUT2D eigenvalue weighted by atomic mass is 32.2. The maximum atomic E-state index is 12.3. The molecular formula is C16H16N2O2S. The molecule has 1 heterocycles. The average molecular weight is 300 g/mol. The van der Waals surface area contributed by atoms with Crippen molar-refractivity contribution in [3.63, 3.8) is 0 Å². The second-order valence-corrected chi connectivity index (χ2v) is 5.91. The minimum absolute atomic E-state index is 0.0417. The molecule has 108 valence electrons. The summed E-state index contributed by atoms with van der Waals surface area (Å²) in [5, 5.41) is 3.29. The first-order chi connectivity index (χ1) is 10.1. The van der Waals surface area contributed by atoms with Gasteiger partial charge in [0, 0.05) is 24.4 Å². The molecule has 1 aromatic carbocycles. The molecule has 0 aliphatic rings. The summed E-state index contributed by atoms with van der Waals surface area (Å²) >= 11 is 1.43. The molecule has 0 bridgehead atoms. The Morgan fingerprint density at radius 3 is 2.43 bits per heavy atom. The monoisotopic (exact) mass is 300 g/mol. The molecule has 1 amide bonds. The van der Waals surface area contributed by atoms with Gasteiger partial charge in [-0.3, -0.25) is 9.59 Å². The van der Waals surface area contributed by atoms with Gasteiger partial charge in [-0.15, -0.1) is 0 Å². The van der Waals surface area contributed by atoms with E-state index in [4.69, 9.17) is 0 Å². The number of benzene rings is 1. The molecule has 5 heteroatoms. The second kappa shape index (κ2) is 7.04.